The summed E-state index contributed by atoms with van der Waals surface area (Å²) in [6.45, 7) is 0. The third kappa shape index (κ3) is 4.84. The molecule has 0 aliphatic heterocycles. The summed E-state index contributed by atoms with van der Waals surface area (Å²) in [4.78, 5) is 23.2. The molecular formula is C15H19N3O2. The molecule has 0 radical (unpaired) electrons. The third-order valence-electron chi connectivity index (χ3n) is 3.16. The van der Waals surface area contributed by atoms with E-state index in [4.69, 9.17) is 0 Å². The van der Waals surface area contributed by atoms with Crippen molar-refractivity contribution in [2.24, 2.45) is 5.10 Å². The van der Waals surface area contributed by atoms with Gasteiger partial charge in [-0.25, -0.2) is 5.43 Å². The van der Waals surface area contributed by atoms with E-state index in [9.17, 15) is 9.59 Å². The molecule has 106 valence electrons. The van der Waals surface area contributed by atoms with Gasteiger partial charge < -0.3 is 5.32 Å². The molecule has 1 aliphatic rings. The molecule has 1 aliphatic carbocycles. The van der Waals surface area contributed by atoms with Crippen LogP contribution < -0.4 is 10.7 Å². The van der Waals surface area contributed by atoms with E-state index in [2.05, 4.69) is 15.8 Å². The molecule has 2 amide bonds. The van der Waals surface area contributed by atoms with Crippen molar-refractivity contribution in [1.82, 2.24) is 5.43 Å². The van der Waals surface area contributed by atoms with Crippen LogP contribution >= 0.6 is 0 Å². The van der Waals surface area contributed by atoms with E-state index >= 15 is 0 Å². The van der Waals surface area contributed by atoms with Crippen LogP contribution in [0.1, 0.15) is 38.5 Å². The number of hydrazone groups is 1. The summed E-state index contributed by atoms with van der Waals surface area (Å²) < 4.78 is 0. The van der Waals surface area contributed by atoms with Crippen LogP contribution in [0, 0.1) is 0 Å². The number of benzene rings is 1. The monoisotopic (exact) mass is 273 g/mol. The minimum Gasteiger partial charge on any atom is -0.326 e. The van der Waals surface area contributed by atoms with E-state index in [-0.39, 0.29) is 24.7 Å². The number of carbonyl (C=O) groups is 2. The number of rotatable bonds is 5. The van der Waals surface area contributed by atoms with E-state index in [1.54, 1.807) is 0 Å². The molecule has 1 aromatic carbocycles. The number of anilines is 1. The van der Waals surface area contributed by atoms with E-state index in [1.165, 1.54) is 0 Å². The Bertz CT molecular complexity index is 489. The highest BCUT2D eigenvalue weighted by molar-refractivity contribution is 5.93. The van der Waals surface area contributed by atoms with Gasteiger partial charge in [-0.1, -0.05) is 18.2 Å². The summed E-state index contributed by atoms with van der Waals surface area (Å²) in [5, 5.41) is 6.81. The van der Waals surface area contributed by atoms with Crippen molar-refractivity contribution in [1.29, 1.82) is 0 Å². The minimum atomic E-state index is -0.215. The fraction of sp³-hybridized carbons (Fsp3) is 0.400. The second-order valence-corrected chi connectivity index (χ2v) is 4.83. The second kappa shape index (κ2) is 7.43. The molecule has 5 heteroatoms. The smallest absolute Gasteiger partial charge is 0.240 e. The summed E-state index contributed by atoms with van der Waals surface area (Å²) in [5.74, 6) is -0.382. The predicted octanol–water partition coefficient (Wildman–Crippen LogP) is 2.45. The number of carbonyl (C=O) groups excluding carboxylic acids is 2. The Morgan fingerprint density at radius 3 is 2.35 bits per heavy atom. The van der Waals surface area contributed by atoms with Crippen molar-refractivity contribution in [3.05, 3.63) is 30.3 Å². The van der Waals surface area contributed by atoms with Crippen molar-refractivity contribution in [2.45, 2.75) is 38.5 Å². The fourth-order valence-electron chi connectivity index (χ4n) is 2.06. The van der Waals surface area contributed by atoms with E-state index in [1.807, 2.05) is 30.3 Å². The Morgan fingerprint density at radius 1 is 1.00 bits per heavy atom. The van der Waals surface area contributed by atoms with Gasteiger partial charge in [-0.15, -0.1) is 0 Å². The summed E-state index contributed by atoms with van der Waals surface area (Å²) in [6.07, 6.45) is 4.53. The van der Waals surface area contributed by atoms with Crippen LogP contribution in [-0.2, 0) is 9.59 Å². The van der Waals surface area contributed by atoms with Crippen molar-refractivity contribution in [3.63, 3.8) is 0 Å². The average Bonchev–Trinajstić information content (AvgIpc) is 2.97. The summed E-state index contributed by atoms with van der Waals surface area (Å²) in [7, 11) is 0. The number of hydrogen-bond donors (Lipinski definition) is 2. The zero-order chi connectivity index (χ0) is 14.2. The molecule has 5 nitrogen and oxygen atoms in total. The van der Waals surface area contributed by atoms with Crippen LogP contribution in [0.3, 0.4) is 0 Å². The lowest BCUT2D eigenvalue weighted by molar-refractivity contribution is -0.124. The second-order valence-electron chi connectivity index (χ2n) is 4.83. The first-order chi connectivity index (χ1) is 9.74. The van der Waals surface area contributed by atoms with Crippen LogP contribution in [-0.4, -0.2) is 17.5 Å². The lowest BCUT2D eigenvalue weighted by Crippen LogP contribution is -2.21. The first kappa shape index (κ1) is 14.2. The zero-order valence-electron chi connectivity index (χ0n) is 11.4. The number of para-hydroxylation sites is 1. The van der Waals surface area contributed by atoms with Gasteiger partial charge in [-0.2, -0.15) is 5.10 Å². The van der Waals surface area contributed by atoms with E-state index < -0.39 is 0 Å². The van der Waals surface area contributed by atoms with Crippen molar-refractivity contribution >= 4 is 23.2 Å². The molecule has 20 heavy (non-hydrogen) atoms. The molecule has 1 saturated carbocycles. The van der Waals surface area contributed by atoms with Crippen LogP contribution in [0.2, 0.25) is 0 Å². The molecular weight excluding hydrogens is 254 g/mol. The SMILES string of the molecule is O=C(CCC(=O)Nc1ccccc1)NN=C1CCCC1. The Balaban J connectivity index is 1.67. The van der Waals surface area contributed by atoms with Gasteiger partial charge in [-0.3, -0.25) is 9.59 Å². The van der Waals surface area contributed by atoms with Crippen LogP contribution in [0.5, 0.6) is 0 Å². The largest absolute Gasteiger partial charge is 0.326 e. The van der Waals surface area contributed by atoms with Crippen molar-refractivity contribution < 1.29 is 9.59 Å². The molecule has 0 heterocycles. The highest BCUT2D eigenvalue weighted by Gasteiger charge is 2.10. The lowest BCUT2D eigenvalue weighted by Gasteiger charge is -2.04. The normalized spacial score (nSPS) is 13.9. The topological polar surface area (TPSA) is 70.6 Å². The minimum absolute atomic E-state index is 0.148. The molecule has 2 N–H and O–H groups in total. The Hall–Kier alpha value is -2.17. The molecule has 0 saturated heterocycles. The number of nitrogens with one attached hydrogen (secondary N) is 2. The van der Waals surface area contributed by atoms with Gasteiger partial charge >= 0.3 is 0 Å². The maximum absolute atomic E-state index is 11.7. The number of nitrogens with zero attached hydrogens (tertiary/aromatic N) is 1. The van der Waals surface area contributed by atoms with Crippen LogP contribution in [0.4, 0.5) is 5.69 Å². The van der Waals surface area contributed by atoms with Crippen molar-refractivity contribution in [2.75, 3.05) is 5.32 Å². The summed E-state index contributed by atoms with van der Waals surface area (Å²) >= 11 is 0. The van der Waals surface area contributed by atoms with Gasteiger partial charge in [0.25, 0.3) is 0 Å². The van der Waals surface area contributed by atoms with Crippen molar-refractivity contribution in [3.8, 4) is 0 Å². The molecule has 0 bridgehead atoms. The molecule has 0 atom stereocenters. The highest BCUT2D eigenvalue weighted by atomic mass is 16.2. The van der Waals surface area contributed by atoms with Gasteiger partial charge in [-0.05, 0) is 37.8 Å². The fourth-order valence-corrected chi connectivity index (χ4v) is 2.06. The zero-order valence-corrected chi connectivity index (χ0v) is 11.4. The Morgan fingerprint density at radius 2 is 1.65 bits per heavy atom. The van der Waals surface area contributed by atoms with Gasteiger partial charge in [0.05, 0.1) is 0 Å². The predicted molar refractivity (Wildman–Crippen MR) is 78.4 cm³/mol. The van der Waals surface area contributed by atoms with Crippen LogP contribution in [0.25, 0.3) is 0 Å². The summed E-state index contributed by atoms with van der Waals surface area (Å²) in [5.41, 5.74) is 4.30. The van der Waals surface area contributed by atoms with Crippen LogP contribution in [0.15, 0.2) is 35.4 Å². The average molecular weight is 273 g/mol. The molecule has 2 rings (SSSR count). The number of amides is 2. The Kier molecular flexibility index (Phi) is 5.29. The van der Waals surface area contributed by atoms with Gasteiger partial charge in [0.1, 0.15) is 0 Å². The first-order valence-corrected chi connectivity index (χ1v) is 6.93. The van der Waals surface area contributed by atoms with Gasteiger partial charge in [0.15, 0.2) is 0 Å². The molecule has 0 aromatic heterocycles. The molecule has 1 aromatic rings. The standard InChI is InChI=1S/C15H19N3O2/c19-14(16-12-6-2-1-3-7-12)10-11-15(20)18-17-13-8-4-5-9-13/h1-3,6-7H,4-5,8-11H2,(H,16,19)(H,18,20). The molecule has 1 fully saturated rings. The number of hydrogen-bond acceptors (Lipinski definition) is 3. The summed E-state index contributed by atoms with van der Waals surface area (Å²) in [6, 6.07) is 9.19. The third-order valence-corrected chi connectivity index (χ3v) is 3.16. The lowest BCUT2D eigenvalue weighted by atomic mass is 10.2. The molecule has 0 unspecified atom stereocenters. The highest BCUT2D eigenvalue weighted by Crippen LogP contribution is 2.13. The quantitative estimate of drug-likeness (QED) is 0.809. The van der Waals surface area contributed by atoms with E-state index in [0.717, 1.165) is 37.1 Å². The van der Waals surface area contributed by atoms with Gasteiger partial charge in [0.2, 0.25) is 11.8 Å². The van der Waals surface area contributed by atoms with Gasteiger partial charge in [0, 0.05) is 24.2 Å². The maximum Gasteiger partial charge on any atom is 0.240 e. The van der Waals surface area contributed by atoms with E-state index in [0.29, 0.717) is 0 Å². The first-order valence-electron chi connectivity index (χ1n) is 6.93. The molecule has 0 spiro atoms. The maximum atomic E-state index is 11.7. The Labute approximate surface area is 118 Å².